The van der Waals surface area contributed by atoms with Crippen molar-refractivity contribution in [1.82, 2.24) is 5.32 Å². The molecule has 1 aliphatic rings. The van der Waals surface area contributed by atoms with Gasteiger partial charge in [-0.25, -0.2) is 0 Å². The van der Waals surface area contributed by atoms with E-state index in [-0.39, 0.29) is 13.0 Å². The molecule has 0 aromatic carbocycles. The molecule has 90 valence electrons. The molecule has 0 bridgehead atoms. The first kappa shape index (κ1) is 12.5. The Morgan fingerprint density at radius 2 is 1.47 bits per heavy atom. The molecule has 0 unspecified atom stereocenters. The Hall–Kier alpha value is -0.530. The van der Waals surface area contributed by atoms with Crippen LogP contribution in [0.25, 0.3) is 0 Å². The summed E-state index contributed by atoms with van der Waals surface area (Å²) in [6, 6.07) is -2.12. The van der Waals surface area contributed by atoms with Crippen molar-refractivity contribution in [2.45, 2.75) is 36.9 Å². The van der Waals surface area contributed by atoms with Crippen LogP contribution < -0.4 is 5.32 Å². The molecule has 15 heavy (non-hydrogen) atoms. The molecule has 1 rings (SSSR count). The van der Waals surface area contributed by atoms with Gasteiger partial charge in [0.05, 0.1) is 6.04 Å². The highest BCUT2D eigenvalue weighted by atomic mass is 19.4. The van der Waals surface area contributed by atoms with Crippen LogP contribution in [-0.4, -0.2) is 30.6 Å². The normalized spacial score (nSPS) is 24.6. The number of rotatable bonds is 2. The van der Waals surface area contributed by atoms with Gasteiger partial charge in [-0.05, 0) is 19.4 Å². The van der Waals surface area contributed by atoms with E-state index < -0.39 is 30.5 Å². The Balaban J connectivity index is 2.92. The minimum Gasteiger partial charge on any atom is -0.308 e. The van der Waals surface area contributed by atoms with E-state index in [2.05, 4.69) is 0 Å². The van der Waals surface area contributed by atoms with E-state index in [1.807, 2.05) is 5.32 Å². The van der Waals surface area contributed by atoms with Crippen LogP contribution in [0, 0.1) is 0 Å². The molecule has 1 fully saturated rings. The standard InChI is InChI=1S/C7H8F7N/c8-5(9,4-2-1-3-15-4)6(10,11)7(12,13)14/h4,15H,1-3H2/t4-/m1/s1. The van der Waals surface area contributed by atoms with Crippen molar-refractivity contribution >= 4 is 0 Å². The van der Waals surface area contributed by atoms with Crippen LogP contribution in [0.1, 0.15) is 12.8 Å². The molecule has 1 aliphatic heterocycles. The smallest absolute Gasteiger partial charge is 0.308 e. The summed E-state index contributed by atoms with van der Waals surface area (Å²) in [5, 5.41) is 1.95. The number of alkyl halides is 7. The quantitative estimate of drug-likeness (QED) is 0.730. The van der Waals surface area contributed by atoms with Gasteiger partial charge in [-0.2, -0.15) is 30.7 Å². The molecule has 1 atom stereocenters. The molecule has 0 aromatic heterocycles. The highest BCUT2D eigenvalue weighted by molar-refractivity contribution is 5.00. The van der Waals surface area contributed by atoms with Crippen LogP contribution in [0.5, 0.6) is 0 Å². The van der Waals surface area contributed by atoms with Crippen molar-refractivity contribution < 1.29 is 30.7 Å². The average molecular weight is 239 g/mol. The van der Waals surface area contributed by atoms with Gasteiger partial charge in [0.25, 0.3) is 0 Å². The van der Waals surface area contributed by atoms with Gasteiger partial charge in [-0.3, -0.25) is 0 Å². The molecule has 1 heterocycles. The third-order valence-corrected chi connectivity index (χ3v) is 2.27. The summed E-state index contributed by atoms with van der Waals surface area (Å²) in [5.41, 5.74) is 0. The van der Waals surface area contributed by atoms with Crippen LogP contribution in [0.4, 0.5) is 30.7 Å². The summed E-state index contributed by atoms with van der Waals surface area (Å²) in [6.07, 6.45) is -6.46. The molecule has 1 N–H and O–H groups in total. The van der Waals surface area contributed by atoms with Crippen LogP contribution in [-0.2, 0) is 0 Å². The highest BCUT2D eigenvalue weighted by Crippen LogP contribution is 2.49. The Bertz CT molecular complexity index is 228. The first-order chi connectivity index (χ1) is 6.61. The molecule has 1 saturated heterocycles. The lowest BCUT2D eigenvalue weighted by Gasteiger charge is -2.32. The third-order valence-electron chi connectivity index (χ3n) is 2.27. The van der Waals surface area contributed by atoms with Gasteiger partial charge in [0.1, 0.15) is 0 Å². The average Bonchev–Trinajstić information content (AvgIpc) is 2.53. The van der Waals surface area contributed by atoms with E-state index in [1.165, 1.54) is 0 Å². The first-order valence-corrected chi connectivity index (χ1v) is 4.16. The number of nitrogens with one attached hydrogen (secondary N) is 1. The van der Waals surface area contributed by atoms with E-state index in [0.717, 1.165) is 0 Å². The second-order valence-corrected chi connectivity index (χ2v) is 3.34. The van der Waals surface area contributed by atoms with Gasteiger partial charge in [-0.1, -0.05) is 0 Å². The number of hydrogen-bond donors (Lipinski definition) is 1. The van der Waals surface area contributed by atoms with Crippen molar-refractivity contribution in [3.8, 4) is 0 Å². The van der Waals surface area contributed by atoms with Gasteiger partial charge in [-0.15, -0.1) is 0 Å². The number of halogens is 7. The second-order valence-electron chi connectivity index (χ2n) is 3.34. The SMILES string of the molecule is FC(F)(F)C(F)(F)C(F)(F)[C@H]1CCCN1. The predicted molar refractivity (Wildman–Crippen MR) is 37.0 cm³/mol. The van der Waals surface area contributed by atoms with E-state index >= 15 is 0 Å². The molecule has 0 aromatic rings. The summed E-state index contributed by atoms with van der Waals surface area (Å²) in [6.45, 7) is 0.0220. The predicted octanol–water partition coefficient (Wildman–Crippen LogP) is 2.57. The van der Waals surface area contributed by atoms with Crippen molar-refractivity contribution in [1.29, 1.82) is 0 Å². The maximum Gasteiger partial charge on any atom is 0.459 e. The van der Waals surface area contributed by atoms with E-state index in [9.17, 15) is 30.7 Å². The lowest BCUT2D eigenvalue weighted by Crippen LogP contribution is -2.60. The Morgan fingerprint density at radius 3 is 1.80 bits per heavy atom. The molecule has 0 spiro atoms. The minimum absolute atomic E-state index is 0.0220. The van der Waals surface area contributed by atoms with E-state index in [1.54, 1.807) is 0 Å². The van der Waals surface area contributed by atoms with Crippen molar-refractivity contribution in [3.63, 3.8) is 0 Å². The Kier molecular flexibility index (Phi) is 2.92. The maximum atomic E-state index is 12.9. The minimum atomic E-state index is -6.24. The summed E-state index contributed by atoms with van der Waals surface area (Å²) >= 11 is 0. The topological polar surface area (TPSA) is 12.0 Å². The van der Waals surface area contributed by atoms with E-state index in [4.69, 9.17) is 0 Å². The van der Waals surface area contributed by atoms with Gasteiger partial charge in [0, 0.05) is 0 Å². The highest BCUT2D eigenvalue weighted by Gasteiger charge is 2.75. The van der Waals surface area contributed by atoms with Crippen molar-refractivity contribution in [3.05, 3.63) is 0 Å². The molecular formula is C7H8F7N. The summed E-state index contributed by atoms with van der Waals surface area (Å²) in [5.74, 6) is -11.1. The summed E-state index contributed by atoms with van der Waals surface area (Å²) in [7, 11) is 0. The lowest BCUT2D eigenvalue weighted by atomic mass is 10.0. The molecule has 0 amide bonds. The number of hydrogen-bond acceptors (Lipinski definition) is 1. The van der Waals surface area contributed by atoms with Crippen molar-refractivity contribution in [2.75, 3.05) is 6.54 Å². The monoisotopic (exact) mass is 239 g/mol. The molecule has 0 aliphatic carbocycles. The van der Waals surface area contributed by atoms with Gasteiger partial charge in [0.15, 0.2) is 0 Å². The van der Waals surface area contributed by atoms with Gasteiger partial charge < -0.3 is 5.32 Å². The van der Waals surface area contributed by atoms with Gasteiger partial charge in [0.2, 0.25) is 0 Å². The van der Waals surface area contributed by atoms with Crippen LogP contribution in [0.15, 0.2) is 0 Å². The van der Waals surface area contributed by atoms with Crippen LogP contribution >= 0.6 is 0 Å². The Morgan fingerprint density at radius 1 is 0.933 bits per heavy atom. The van der Waals surface area contributed by atoms with Crippen LogP contribution in [0.2, 0.25) is 0 Å². The second kappa shape index (κ2) is 3.50. The summed E-state index contributed by atoms with van der Waals surface area (Å²) in [4.78, 5) is 0. The molecule has 1 nitrogen and oxygen atoms in total. The molecule has 0 radical (unpaired) electrons. The molecule has 0 saturated carbocycles. The Labute approximate surface area is 80.6 Å². The third kappa shape index (κ3) is 1.91. The summed E-state index contributed by atoms with van der Waals surface area (Å²) < 4.78 is 85.8. The van der Waals surface area contributed by atoms with Crippen molar-refractivity contribution in [2.24, 2.45) is 0 Å². The largest absolute Gasteiger partial charge is 0.459 e. The fourth-order valence-corrected chi connectivity index (χ4v) is 1.40. The van der Waals surface area contributed by atoms with E-state index in [0.29, 0.717) is 0 Å². The molecule has 8 heteroatoms. The fourth-order valence-electron chi connectivity index (χ4n) is 1.40. The lowest BCUT2D eigenvalue weighted by molar-refractivity contribution is -0.359. The zero-order valence-electron chi connectivity index (χ0n) is 7.34. The zero-order chi connectivity index (χ0) is 11.9. The molecular weight excluding hydrogens is 231 g/mol. The van der Waals surface area contributed by atoms with Crippen LogP contribution in [0.3, 0.4) is 0 Å². The first-order valence-electron chi connectivity index (χ1n) is 4.16. The zero-order valence-corrected chi connectivity index (χ0v) is 7.34. The fraction of sp³-hybridized carbons (Fsp3) is 1.00. The maximum absolute atomic E-state index is 12.9. The van der Waals surface area contributed by atoms with Gasteiger partial charge >= 0.3 is 18.0 Å².